The fraction of sp³-hybridized carbons (Fsp3) is 0.333. The first-order valence-electron chi connectivity index (χ1n) is 8.62. The summed E-state index contributed by atoms with van der Waals surface area (Å²) in [6.45, 7) is 4.98. The standard InChI is InChI=1S/C18H21N5O2S/c1-3-9-19-17(25)13-7-5-6-8-14(13)20-11-12-10-16(24)23-18(21-12)26-15(4-2)22-23/h5-8,10,20H,3-4,9,11H2,1-2H3,(H,19,25). The number of amides is 1. The predicted octanol–water partition coefficient (Wildman–Crippen LogP) is 2.47. The molecule has 26 heavy (non-hydrogen) atoms. The Morgan fingerprint density at radius 3 is 2.85 bits per heavy atom. The third-order valence-corrected chi connectivity index (χ3v) is 4.86. The van der Waals surface area contributed by atoms with Gasteiger partial charge in [0.2, 0.25) is 4.96 Å². The van der Waals surface area contributed by atoms with E-state index in [0.717, 1.165) is 17.8 Å². The van der Waals surface area contributed by atoms with Crippen LogP contribution in [0.1, 0.15) is 41.3 Å². The first kappa shape index (κ1) is 18.1. The van der Waals surface area contributed by atoms with E-state index in [4.69, 9.17) is 0 Å². The molecule has 0 unspecified atom stereocenters. The zero-order chi connectivity index (χ0) is 18.5. The van der Waals surface area contributed by atoms with Crippen LogP contribution >= 0.6 is 11.3 Å². The molecule has 8 heteroatoms. The first-order chi connectivity index (χ1) is 12.6. The Kier molecular flexibility index (Phi) is 5.62. The molecule has 0 spiro atoms. The number of fused-ring (bicyclic) bond motifs is 1. The number of carbonyl (C=O) groups is 1. The molecule has 0 aliphatic heterocycles. The van der Waals surface area contributed by atoms with Crippen molar-refractivity contribution in [2.45, 2.75) is 33.2 Å². The van der Waals surface area contributed by atoms with Gasteiger partial charge in [0.1, 0.15) is 5.01 Å². The molecule has 0 atom stereocenters. The molecule has 0 aliphatic rings. The molecule has 136 valence electrons. The van der Waals surface area contributed by atoms with Gasteiger partial charge in [-0.25, -0.2) is 4.98 Å². The van der Waals surface area contributed by atoms with Crippen LogP contribution in [0.25, 0.3) is 4.96 Å². The van der Waals surface area contributed by atoms with Crippen LogP contribution in [0, 0.1) is 0 Å². The Hall–Kier alpha value is -2.74. The zero-order valence-electron chi connectivity index (χ0n) is 14.8. The van der Waals surface area contributed by atoms with Gasteiger partial charge < -0.3 is 10.6 Å². The van der Waals surface area contributed by atoms with Crippen molar-refractivity contribution in [3.05, 3.63) is 57.0 Å². The minimum atomic E-state index is -0.197. The van der Waals surface area contributed by atoms with Crippen LogP contribution in [-0.2, 0) is 13.0 Å². The highest BCUT2D eigenvalue weighted by Gasteiger charge is 2.11. The molecule has 0 fully saturated rings. The average Bonchev–Trinajstić information content (AvgIpc) is 3.08. The van der Waals surface area contributed by atoms with Crippen molar-refractivity contribution in [1.29, 1.82) is 0 Å². The maximum absolute atomic E-state index is 12.3. The van der Waals surface area contributed by atoms with Gasteiger partial charge in [0.05, 0.1) is 17.8 Å². The van der Waals surface area contributed by atoms with Gasteiger partial charge in [-0.05, 0) is 25.0 Å². The molecule has 2 aromatic heterocycles. The van der Waals surface area contributed by atoms with E-state index in [9.17, 15) is 9.59 Å². The number of nitrogens with zero attached hydrogens (tertiary/aromatic N) is 3. The maximum Gasteiger partial charge on any atom is 0.275 e. The largest absolute Gasteiger partial charge is 0.379 e. The number of aromatic nitrogens is 3. The lowest BCUT2D eigenvalue weighted by molar-refractivity contribution is 0.0954. The summed E-state index contributed by atoms with van der Waals surface area (Å²) in [7, 11) is 0. The Morgan fingerprint density at radius 1 is 1.27 bits per heavy atom. The van der Waals surface area contributed by atoms with Gasteiger partial charge in [0, 0.05) is 18.3 Å². The van der Waals surface area contributed by atoms with Gasteiger partial charge in [-0.1, -0.05) is 37.3 Å². The van der Waals surface area contributed by atoms with E-state index in [1.54, 1.807) is 6.07 Å². The number of hydrogen-bond acceptors (Lipinski definition) is 6. The quantitative estimate of drug-likeness (QED) is 0.666. The minimum Gasteiger partial charge on any atom is -0.379 e. The highest BCUT2D eigenvalue weighted by molar-refractivity contribution is 7.16. The van der Waals surface area contributed by atoms with Crippen LogP contribution in [-0.4, -0.2) is 27.0 Å². The maximum atomic E-state index is 12.3. The summed E-state index contributed by atoms with van der Waals surface area (Å²) < 4.78 is 1.33. The van der Waals surface area contributed by atoms with Crippen LogP contribution in [0.5, 0.6) is 0 Å². The predicted molar refractivity (Wildman–Crippen MR) is 103 cm³/mol. The summed E-state index contributed by atoms with van der Waals surface area (Å²) in [5, 5.41) is 11.2. The molecule has 2 heterocycles. The SMILES string of the molecule is CCCNC(=O)c1ccccc1NCc1cc(=O)n2nc(CC)sc2n1. The van der Waals surface area contributed by atoms with Crippen molar-refractivity contribution in [2.24, 2.45) is 0 Å². The summed E-state index contributed by atoms with van der Waals surface area (Å²) in [6, 6.07) is 8.77. The van der Waals surface area contributed by atoms with Gasteiger partial charge in [0.25, 0.3) is 11.5 Å². The van der Waals surface area contributed by atoms with E-state index in [1.165, 1.54) is 21.9 Å². The molecule has 0 saturated heterocycles. The second-order valence-corrected chi connectivity index (χ2v) is 6.83. The number of benzene rings is 1. The lowest BCUT2D eigenvalue weighted by atomic mass is 10.1. The molecule has 3 aromatic rings. The molecular weight excluding hydrogens is 350 g/mol. The zero-order valence-corrected chi connectivity index (χ0v) is 15.6. The summed E-state index contributed by atoms with van der Waals surface area (Å²) >= 11 is 1.41. The minimum absolute atomic E-state index is 0.117. The number of anilines is 1. The smallest absolute Gasteiger partial charge is 0.275 e. The molecule has 2 N–H and O–H groups in total. The van der Waals surface area contributed by atoms with Crippen molar-refractivity contribution in [3.63, 3.8) is 0 Å². The van der Waals surface area contributed by atoms with E-state index in [2.05, 4.69) is 20.7 Å². The van der Waals surface area contributed by atoms with Gasteiger partial charge in [0.15, 0.2) is 0 Å². The average molecular weight is 371 g/mol. The van der Waals surface area contributed by atoms with E-state index in [0.29, 0.717) is 35.0 Å². The number of hydrogen-bond donors (Lipinski definition) is 2. The summed E-state index contributed by atoms with van der Waals surface area (Å²) in [5.41, 5.74) is 1.70. The van der Waals surface area contributed by atoms with Crippen LogP contribution in [0.3, 0.4) is 0 Å². The summed E-state index contributed by atoms with van der Waals surface area (Å²) in [4.78, 5) is 29.6. The highest BCUT2D eigenvalue weighted by Crippen LogP contribution is 2.16. The van der Waals surface area contributed by atoms with Crippen molar-refractivity contribution in [1.82, 2.24) is 19.9 Å². The van der Waals surface area contributed by atoms with E-state index >= 15 is 0 Å². The first-order valence-corrected chi connectivity index (χ1v) is 9.43. The van der Waals surface area contributed by atoms with Crippen molar-refractivity contribution in [3.8, 4) is 0 Å². The highest BCUT2D eigenvalue weighted by atomic mass is 32.1. The number of carbonyl (C=O) groups excluding carboxylic acids is 1. The summed E-state index contributed by atoms with van der Waals surface area (Å²) in [6.07, 6.45) is 1.64. The fourth-order valence-corrected chi connectivity index (χ4v) is 3.34. The van der Waals surface area contributed by atoms with Gasteiger partial charge in [-0.2, -0.15) is 9.61 Å². The number of rotatable bonds is 7. The lowest BCUT2D eigenvalue weighted by Gasteiger charge is -2.11. The molecule has 0 saturated carbocycles. The van der Waals surface area contributed by atoms with Crippen molar-refractivity contribution in [2.75, 3.05) is 11.9 Å². The van der Waals surface area contributed by atoms with Crippen molar-refractivity contribution < 1.29 is 4.79 Å². The molecule has 0 aliphatic carbocycles. The van der Waals surface area contributed by atoms with E-state index < -0.39 is 0 Å². The second-order valence-electron chi connectivity index (χ2n) is 5.78. The Balaban J connectivity index is 1.80. The topological polar surface area (TPSA) is 88.4 Å². The molecule has 0 bridgehead atoms. The van der Waals surface area contributed by atoms with Crippen LogP contribution < -0.4 is 16.2 Å². The number of nitrogens with one attached hydrogen (secondary N) is 2. The molecule has 3 rings (SSSR count). The van der Waals surface area contributed by atoms with E-state index in [-0.39, 0.29) is 11.5 Å². The second kappa shape index (κ2) is 8.09. The van der Waals surface area contributed by atoms with Gasteiger partial charge >= 0.3 is 0 Å². The van der Waals surface area contributed by atoms with Crippen LogP contribution in [0.15, 0.2) is 35.1 Å². The van der Waals surface area contributed by atoms with Gasteiger partial charge in [-0.15, -0.1) is 0 Å². The Bertz CT molecular complexity index is 979. The Morgan fingerprint density at radius 2 is 2.08 bits per heavy atom. The molecule has 0 radical (unpaired) electrons. The van der Waals surface area contributed by atoms with Crippen LogP contribution in [0.4, 0.5) is 5.69 Å². The van der Waals surface area contributed by atoms with E-state index in [1.807, 2.05) is 32.0 Å². The molecule has 1 amide bonds. The monoisotopic (exact) mass is 371 g/mol. The lowest BCUT2D eigenvalue weighted by Crippen LogP contribution is -2.25. The Labute approximate surface area is 155 Å². The third-order valence-electron chi connectivity index (χ3n) is 3.81. The fourth-order valence-electron chi connectivity index (χ4n) is 2.48. The van der Waals surface area contributed by atoms with Crippen LogP contribution in [0.2, 0.25) is 0 Å². The normalized spacial score (nSPS) is 10.8. The van der Waals surface area contributed by atoms with Gasteiger partial charge in [-0.3, -0.25) is 9.59 Å². The number of para-hydroxylation sites is 1. The third kappa shape index (κ3) is 3.91. The number of aryl methyl sites for hydroxylation is 1. The molecule has 7 nitrogen and oxygen atoms in total. The summed E-state index contributed by atoms with van der Waals surface area (Å²) in [5.74, 6) is -0.117. The molecule has 1 aromatic carbocycles. The van der Waals surface area contributed by atoms with Crippen molar-refractivity contribution >= 4 is 27.9 Å². The molecular formula is C18H21N5O2S.